The molecule has 0 fully saturated rings. The van der Waals surface area contributed by atoms with Crippen LogP contribution in [0.4, 0.5) is 17.1 Å². The van der Waals surface area contributed by atoms with Crippen molar-refractivity contribution in [1.82, 2.24) is 0 Å². The summed E-state index contributed by atoms with van der Waals surface area (Å²) in [7, 11) is 4.00. The molecule has 0 saturated carbocycles. The van der Waals surface area contributed by atoms with E-state index in [2.05, 4.69) is 25.2 Å². The van der Waals surface area contributed by atoms with Gasteiger partial charge in [0.15, 0.2) is 0 Å². The Kier molecular flexibility index (Phi) is 5.72. The Morgan fingerprint density at radius 3 is 2.29 bits per heavy atom. The summed E-state index contributed by atoms with van der Waals surface area (Å²) in [4.78, 5) is 31.8. The maximum absolute atomic E-state index is 14.1. The molecule has 0 radical (unpaired) electrons. The van der Waals surface area contributed by atoms with Crippen molar-refractivity contribution in [2.45, 2.75) is 26.3 Å². The molecule has 5 heteroatoms. The van der Waals surface area contributed by atoms with Gasteiger partial charge in [-0.25, -0.2) is 0 Å². The van der Waals surface area contributed by atoms with Crippen LogP contribution in [0.5, 0.6) is 0 Å². The van der Waals surface area contributed by atoms with E-state index in [1.165, 1.54) is 0 Å². The van der Waals surface area contributed by atoms with Crippen LogP contribution in [0.1, 0.15) is 42.2 Å². The number of anilines is 3. The molecule has 1 heterocycles. The van der Waals surface area contributed by atoms with Crippen LogP contribution in [-0.4, -0.2) is 25.8 Å². The highest BCUT2D eigenvalue weighted by atomic mass is 16.2. The molecule has 5 rings (SSSR count). The number of ketones is 1. The number of Topliss-reactive ketones (excluding diaryl/α,β-unsaturated/α-hetero) is 1. The maximum atomic E-state index is 14.1. The molecule has 2 unspecified atom stereocenters. The van der Waals surface area contributed by atoms with Gasteiger partial charge < -0.3 is 10.2 Å². The molecule has 0 aromatic heterocycles. The fourth-order valence-corrected chi connectivity index (χ4v) is 5.26. The van der Waals surface area contributed by atoms with Crippen molar-refractivity contribution in [3.8, 4) is 0 Å². The number of hydrogen-bond acceptors (Lipinski definition) is 4. The number of nitrogens with zero attached hydrogens (tertiary/aromatic N) is 2. The van der Waals surface area contributed by atoms with Gasteiger partial charge in [0.05, 0.1) is 23.3 Å². The number of nitrogens with one attached hydrogen (secondary N) is 1. The topological polar surface area (TPSA) is 52.7 Å². The molecule has 0 bridgehead atoms. The van der Waals surface area contributed by atoms with Gasteiger partial charge in [-0.3, -0.25) is 14.5 Å². The minimum atomic E-state index is -0.492. The number of carbonyl (C=O) groups is 2. The molecule has 3 aromatic rings. The molecule has 2 atom stereocenters. The Hall–Kier alpha value is -3.86. The first-order valence-corrected chi connectivity index (χ1v) is 12.0. The average molecular weight is 466 g/mol. The largest absolute Gasteiger partial charge is 0.378 e. The Morgan fingerprint density at radius 1 is 0.943 bits per heavy atom. The van der Waals surface area contributed by atoms with Gasteiger partial charge in [-0.15, -0.1) is 0 Å². The lowest BCUT2D eigenvalue weighted by atomic mass is 9.72. The van der Waals surface area contributed by atoms with E-state index in [0.29, 0.717) is 12.0 Å². The second-order valence-electron chi connectivity index (χ2n) is 10.3. The summed E-state index contributed by atoms with van der Waals surface area (Å²) in [6.45, 7) is 4.17. The molecule has 1 N–H and O–H groups in total. The van der Waals surface area contributed by atoms with Crippen molar-refractivity contribution in [2.24, 2.45) is 11.3 Å². The molecule has 1 amide bonds. The van der Waals surface area contributed by atoms with Crippen molar-refractivity contribution in [1.29, 1.82) is 0 Å². The molecular formula is C30H31N3O2. The molecule has 0 spiro atoms. The van der Waals surface area contributed by atoms with Gasteiger partial charge in [0, 0.05) is 37.5 Å². The standard InChI is InChI=1S/C30H31N3O2/c1-30(2)18-24-27(26(34)19-30)28(20-14-16-22(17-15-20)32(3)4)33(25-13-9-8-12-23(25)31-24)29(35)21-10-6-5-7-11-21/h5-18,27-28,31H,19H2,1-4H3. The monoisotopic (exact) mass is 465 g/mol. The molecule has 5 nitrogen and oxygen atoms in total. The predicted octanol–water partition coefficient (Wildman–Crippen LogP) is 6.07. The normalized spacial score (nSPS) is 20.6. The highest BCUT2D eigenvalue weighted by Crippen LogP contribution is 2.49. The van der Waals surface area contributed by atoms with E-state index in [-0.39, 0.29) is 17.1 Å². The zero-order valence-corrected chi connectivity index (χ0v) is 20.7. The first-order chi connectivity index (χ1) is 16.7. The third-order valence-corrected chi connectivity index (χ3v) is 6.89. The number of rotatable bonds is 3. The van der Waals surface area contributed by atoms with E-state index in [4.69, 9.17) is 0 Å². The zero-order valence-electron chi connectivity index (χ0n) is 20.7. The summed E-state index contributed by atoms with van der Waals surface area (Å²) in [5.41, 5.74) is 4.78. The van der Waals surface area contributed by atoms with Gasteiger partial charge in [-0.2, -0.15) is 0 Å². The molecule has 2 aliphatic rings. The number of carbonyl (C=O) groups excluding carboxylic acids is 2. The van der Waals surface area contributed by atoms with E-state index in [9.17, 15) is 9.59 Å². The van der Waals surface area contributed by atoms with Crippen LogP contribution < -0.4 is 15.1 Å². The lowest BCUT2D eigenvalue weighted by molar-refractivity contribution is -0.124. The second kappa shape index (κ2) is 8.73. The first kappa shape index (κ1) is 22.9. The predicted molar refractivity (Wildman–Crippen MR) is 142 cm³/mol. The van der Waals surface area contributed by atoms with Crippen molar-refractivity contribution < 1.29 is 9.59 Å². The summed E-state index contributed by atoms with van der Waals surface area (Å²) in [5, 5.41) is 3.55. The number of allylic oxidation sites excluding steroid dienone is 1. The Morgan fingerprint density at radius 2 is 1.60 bits per heavy atom. The smallest absolute Gasteiger partial charge is 0.258 e. The third kappa shape index (κ3) is 4.23. The fraction of sp³-hybridized carbons (Fsp3) is 0.267. The first-order valence-electron chi connectivity index (χ1n) is 12.0. The van der Waals surface area contributed by atoms with E-state index >= 15 is 0 Å². The lowest BCUT2D eigenvalue weighted by Gasteiger charge is -2.39. The van der Waals surface area contributed by atoms with Gasteiger partial charge in [-0.1, -0.05) is 62.4 Å². The molecule has 1 aliphatic carbocycles. The quantitative estimate of drug-likeness (QED) is 0.510. The van der Waals surface area contributed by atoms with Crippen LogP contribution in [0.2, 0.25) is 0 Å². The van der Waals surface area contributed by atoms with Gasteiger partial charge >= 0.3 is 0 Å². The summed E-state index contributed by atoms with van der Waals surface area (Å²) < 4.78 is 0. The molecule has 3 aromatic carbocycles. The van der Waals surface area contributed by atoms with Crippen molar-refractivity contribution in [3.05, 3.63) is 102 Å². The number of hydrogen-bond donors (Lipinski definition) is 1. The Bertz CT molecular complexity index is 1290. The van der Waals surface area contributed by atoms with Crippen LogP contribution >= 0.6 is 0 Å². The Labute approximate surface area is 207 Å². The second-order valence-corrected chi connectivity index (χ2v) is 10.3. The molecular weight excluding hydrogens is 434 g/mol. The van der Waals surface area contributed by atoms with Crippen LogP contribution in [-0.2, 0) is 4.79 Å². The van der Waals surface area contributed by atoms with Gasteiger partial charge in [-0.05, 0) is 47.4 Å². The zero-order chi connectivity index (χ0) is 24.7. The van der Waals surface area contributed by atoms with E-state index in [0.717, 1.165) is 28.3 Å². The molecule has 35 heavy (non-hydrogen) atoms. The van der Waals surface area contributed by atoms with Crippen molar-refractivity contribution >= 4 is 28.8 Å². The highest BCUT2D eigenvalue weighted by molar-refractivity contribution is 6.09. The number of para-hydroxylation sites is 2. The van der Waals surface area contributed by atoms with Gasteiger partial charge in [0.25, 0.3) is 5.91 Å². The lowest BCUT2D eigenvalue weighted by Crippen LogP contribution is -2.43. The Balaban J connectivity index is 1.76. The van der Waals surface area contributed by atoms with Crippen LogP contribution in [0.3, 0.4) is 0 Å². The number of amides is 1. The van der Waals surface area contributed by atoms with Gasteiger partial charge in [0.2, 0.25) is 0 Å². The summed E-state index contributed by atoms with van der Waals surface area (Å²) in [5.74, 6) is -0.478. The third-order valence-electron chi connectivity index (χ3n) is 6.89. The SMILES string of the molecule is CN(C)c1ccc(C2C3C(=O)CC(C)(C)C=C3Nc3ccccc3N2C(=O)c2ccccc2)cc1. The van der Waals surface area contributed by atoms with E-state index in [1.54, 1.807) is 0 Å². The molecule has 0 saturated heterocycles. The van der Waals surface area contributed by atoms with Crippen LogP contribution in [0.25, 0.3) is 0 Å². The minimum absolute atomic E-state index is 0.125. The fourth-order valence-electron chi connectivity index (χ4n) is 5.26. The summed E-state index contributed by atoms with van der Waals surface area (Å²) in [6, 6.07) is 24.8. The maximum Gasteiger partial charge on any atom is 0.258 e. The molecule has 178 valence electrons. The molecule has 1 aliphatic heterocycles. The van der Waals surface area contributed by atoms with Crippen LogP contribution in [0, 0.1) is 11.3 Å². The summed E-state index contributed by atoms with van der Waals surface area (Å²) >= 11 is 0. The van der Waals surface area contributed by atoms with Crippen molar-refractivity contribution in [2.75, 3.05) is 29.2 Å². The highest BCUT2D eigenvalue weighted by Gasteiger charge is 2.46. The van der Waals surface area contributed by atoms with Gasteiger partial charge in [0.1, 0.15) is 5.78 Å². The van der Waals surface area contributed by atoms with Crippen LogP contribution in [0.15, 0.2) is 90.6 Å². The number of fused-ring (bicyclic) bond motifs is 2. The van der Waals surface area contributed by atoms with Crippen molar-refractivity contribution in [3.63, 3.8) is 0 Å². The van der Waals surface area contributed by atoms with E-state index < -0.39 is 12.0 Å². The minimum Gasteiger partial charge on any atom is -0.378 e. The average Bonchev–Trinajstić information content (AvgIpc) is 2.97. The summed E-state index contributed by atoms with van der Waals surface area (Å²) in [6.07, 6.45) is 2.60. The number of benzene rings is 3. The van der Waals surface area contributed by atoms with E-state index in [1.807, 2.05) is 103 Å².